The molecule has 1 aromatic heterocycles. The zero-order valence-corrected chi connectivity index (χ0v) is 11.7. The second-order valence-electron chi connectivity index (χ2n) is 4.01. The first-order chi connectivity index (χ1) is 8.76. The van der Waals surface area contributed by atoms with Crippen molar-refractivity contribution in [3.63, 3.8) is 0 Å². The third-order valence-electron chi connectivity index (χ3n) is 2.51. The van der Waals surface area contributed by atoms with Crippen molar-refractivity contribution in [2.45, 2.75) is 26.3 Å². The van der Waals surface area contributed by atoms with Gasteiger partial charge < -0.3 is 4.74 Å². The molecule has 4 heteroatoms. The third-order valence-corrected chi connectivity index (χ3v) is 3.37. The van der Waals surface area contributed by atoms with Gasteiger partial charge in [0.15, 0.2) is 0 Å². The van der Waals surface area contributed by atoms with Crippen LogP contribution in [0.2, 0.25) is 0 Å². The normalized spacial score (nSPS) is 10.6. The highest BCUT2D eigenvalue weighted by molar-refractivity contribution is 7.09. The lowest BCUT2D eigenvalue weighted by Gasteiger charge is -2.19. The molecule has 0 fully saturated rings. The quantitative estimate of drug-likeness (QED) is 0.508. The summed E-state index contributed by atoms with van der Waals surface area (Å²) in [5, 5.41) is 2.08. The van der Waals surface area contributed by atoms with Gasteiger partial charge >= 0.3 is 5.97 Å². The number of carbonyl (C=O) groups is 1. The van der Waals surface area contributed by atoms with E-state index in [1.165, 1.54) is 4.88 Å². The highest BCUT2D eigenvalue weighted by atomic mass is 32.1. The zero-order chi connectivity index (χ0) is 13.2. The molecule has 0 unspecified atom stereocenters. The summed E-state index contributed by atoms with van der Waals surface area (Å²) in [4.78, 5) is 14.9. The van der Waals surface area contributed by atoms with E-state index in [2.05, 4.69) is 29.0 Å². The molecule has 1 heterocycles. The van der Waals surface area contributed by atoms with Crippen LogP contribution in [-0.2, 0) is 16.1 Å². The van der Waals surface area contributed by atoms with Crippen molar-refractivity contribution < 1.29 is 9.53 Å². The number of ether oxygens (including phenoxy) is 1. The second kappa shape index (κ2) is 8.89. The molecule has 1 rings (SSSR count). The van der Waals surface area contributed by atoms with Gasteiger partial charge in [-0.15, -0.1) is 17.9 Å². The number of carbonyl (C=O) groups excluding carboxylic acids is 1. The van der Waals surface area contributed by atoms with Crippen molar-refractivity contribution >= 4 is 17.3 Å². The van der Waals surface area contributed by atoms with Gasteiger partial charge in [-0.05, 0) is 31.3 Å². The molecule has 0 atom stereocenters. The first kappa shape index (κ1) is 14.9. The van der Waals surface area contributed by atoms with Crippen molar-refractivity contribution in [2.24, 2.45) is 0 Å². The summed E-state index contributed by atoms with van der Waals surface area (Å²) in [5.41, 5.74) is 0. The summed E-state index contributed by atoms with van der Waals surface area (Å²) in [6.45, 7) is 8.73. The van der Waals surface area contributed by atoms with Crippen LogP contribution < -0.4 is 0 Å². The summed E-state index contributed by atoms with van der Waals surface area (Å²) in [7, 11) is 0. The predicted octanol–water partition coefficient (Wildman–Crippen LogP) is 3.08. The van der Waals surface area contributed by atoms with Gasteiger partial charge in [0.1, 0.15) is 0 Å². The standard InChI is InChI=1S/C14H21NO2S/c1-3-9-15(12-13-7-6-11-18-13)10-5-8-14(16)17-4-2/h3,6-7,11H,1,4-5,8-10,12H2,2H3. The molecule has 0 bridgehead atoms. The molecule has 0 saturated heterocycles. The van der Waals surface area contributed by atoms with Gasteiger partial charge in [0.05, 0.1) is 6.61 Å². The monoisotopic (exact) mass is 267 g/mol. The van der Waals surface area contributed by atoms with E-state index < -0.39 is 0 Å². The molecule has 0 spiro atoms. The van der Waals surface area contributed by atoms with Crippen molar-refractivity contribution in [3.8, 4) is 0 Å². The van der Waals surface area contributed by atoms with E-state index in [1.807, 2.05) is 13.0 Å². The molecule has 0 aliphatic heterocycles. The predicted molar refractivity (Wildman–Crippen MR) is 75.7 cm³/mol. The fraction of sp³-hybridized carbons (Fsp3) is 0.500. The smallest absolute Gasteiger partial charge is 0.305 e. The van der Waals surface area contributed by atoms with Gasteiger partial charge in [-0.1, -0.05) is 12.1 Å². The fourth-order valence-electron chi connectivity index (χ4n) is 1.72. The van der Waals surface area contributed by atoms with E-state index in [0.29, 0.717) is 13.0 Å². The SMILES string of the molecule is C=CCN(CCCC(=O)OCC)Cc1cccs1. The molecular formula is C14H21NO2S. The molecule has 0 amide bonds. The molecule has 18 heavy (non-hydrogen) atoms. The number of rotatable bonds is 9. The molecule has 0 aromatic carbocycles. The number of hydrogen-bond donors (Lipinski definition) is 0. The minimum atomic E-state index is -0.104. The lowest BCUT2D eigenvalue weighted by Crippen LogP contribution is -2.24. The Kier molecular flexibility index (Phi) is 7.37. The highest BCUT2D eigenvalue weighted by Gasteiger charge is 2.07. The summed E-state index contributed by atoms with van der Waals surface area (Å²) in [5.74, 6) is -0.104. The lowest BCUT2D eigenvalue weighted by atomic mass is 10.3. The summed E-state index contributed by atoms with van der Waals surface area (Å²) in [6.07, 6.45) is 3.22. The van der Waals surface area contributed by atoms with Gasteiger partial charge in [-0.2, -0.15) is 0 Å². The van der Waals surface area contributed by atoms with E-state index in [1.54, 1.807) is 11.3 Å². The minimum Gasteiger partial charge on any atom is -0.466 e. The Balaban J connectivity index is 2.29. The van der Waals surface area contributed by atoms with Gasteiger partial charge in [-0.25, -0.2) is 0 Å². The van der Waals surface area contributed by atoms with E-state index in [9.17, 15) is 4.79 Å². The Morgan fingerprint density at radius 2 is 2.44 bits per heavy atom. The number of nitrogens with zero attached hydrogens (tertiary/aromatic N) is 1. The van der Waals surface area contributed by atoms with Crippen LogP contribution in [0.1, 0.15) is 24.6 Å². The Hall–Kier alpha value is -1.13. The average molecular weight is 267 g/mol. The van der Waals surface area contributed by atoms with Crippen molar-refractivity contribution in [2.75, 3.05) is 19.7 Å². The summed E-state index contributed by atoms with van der Waals surface area (Å²) in [6, 6.07) is 4.19. The largest absolute Gasteiger partial charge is 0.466 e. The average Bonchev–Trinajstić information content (AvgIpc) is 2.82. The first-order valence-electron chi connectivity index (χ1n) is 6.27. The van der Waals surface area contributed by atoms with Crippen molar-refractivity contribution in [3.05, 3.63) is 35.0 Å². The van der Waals surface area contributed by atoms with Crippen molar-refractivity contribution in [1.29, 1.82) is 0 Å². The number of thiophene rings is 1. The van der Waals surface area contributed by atoms with Crippen LogP contribution in [0.4, 0.5) is 0 Å². The number of esters is 1. The maximum Gasteiger partial charge on any atom is 0.305 e. The molecular weight excluding hydrogens is 246 g/mol. The molecule has 3 nitrogen and oxygen atoms in total. The first-order valence-corrected chi connectivity index (χ1v) is 7.15. The fourth-order valence-corrected chi connectivity index (χ4v) is 2.47. The third kappa shape index (κ3) is 5.98. The maximum absolute atomic E-state index is 11.2. The van der Waals surface area contributed by atoms with Gasteiger partial charge in [0, 0.05) is 24.4 Å². The van der Waals surface area contributed by atoms with Crippen LogP contribution in [0.3, 0.4) is 0 Å². The second-order valence-corrected chi connectivity index (χ2v) is 5.04. The van der Waals surface area contributed by atoms with Crippen molar-refractivity contribution in [1.82, 2.24) is 4.90 Å². The maximum atomic E-state index is 11.2. The Morgan fingerprint density at radius 3 is 3.06 bits per heavy atom. The van der Waals surface area contributed by atoms with Gasteiger partial charge in [-0.3, -0.25) is 9.69 Å². The topological polar surface area (TPSA) is 29.5 Å². The lowest BCUT2D eigenvalue weighted by molar-refractivity contribution is -0.143. The van der Waals surface area contributed by atoms with E-state index in [0.717, 1.165) is 26.1 Å². The highest BCUT2D eigenvalue weighted by Crippen LogP contribution is 2.12. The van der Waals surface area contributed by atoms with Crippen LogP contribution in [0, 0.1) is 0 Å². The molecule has 100 valence electrons. The van der Waals surface area contributed by atoms with Crippen LogP contribution >= 0.6 is 11.3 Å². The van der Waals surface area contributed by atoms with Crippen LogP contribution in [0.5, 0.6) is 0 Å². The molecule has 0 radical (unpaired) electrons. The summed E-state index contributed by atoms with van der Waals surface area (Å²) >= 11 is 1.76. The van der Waals surface area contributed by atoms with Crippen LogP contribution in [-0.4, -0.2) is 30.6 Å². The molecule has 0 N–H and O–H groups in total. The van der Waals surface area contributed by atoms with E-state index in [4.69, 9.17) is 4.74 Å². The van der Waals surface area contributed by atoms with Gasteiger partial charge in [0.2, 0.25) is 0 Å². The molecule has 0 saturated carbocycles. The molecule has 1 aromatic rings. The molecule has 0 aliphatic rings. The van der Waals surface area contributed by atoms with E-state index in [-0.39, 0.29) is 5.97 Å². The Morgan fingerprint density at radius 1 is 1.61 bits per heavy atom. The zero-order valence-electron chi connectivity index (χ0n) is 10.9. The Labute approximate surface area is 113 Å². The Bertz CT molecular complexity index is 349. The van der Waals surface area contributed by atoms with E-state index >= 15 is 0 Å². The molecule has 0 aliphatic carbocycles. The number of hydrogen-bond acceptors (Lipinski definition) is 4. The minimum absolute atomic E-state index is 0.104. The van der Waals surface area contributed by atoms with Gasteiger partial charge in [0.25, 0.3) is 0 Å². The van der Waals surface area contributed by atoms with Crippen LogP contribution in [0.15, 0.2) is 30.2 Å². The van der Waals surface area contributed by atoms with Crippen LogP contribution in [0.25, 0.3) is 0 Å². The summed E-state index contributed by atoms with van der Waals surface area (Å²) < 4.78 is 4.91.